The van der Waals surface area contributed by atoms with E-state index in [0.717, 1.165) is 24.8 Å². The maximum Gasteiger partial charge on any atom is 0.261 e. The van der Waals surface area contributed by atoms with Gasteiger partial charge in [-0.25, -0.2) is 8.42 Å². The first-order valence-corrected chi connectivity index (χ1v) is 12.0. The van der Waals surface area contributed by atoms with Crippen molar-refractivity contribution in [2.75, 3.05) is 11.3 Å². The minimum absolute atomic E-state index is 0.0241. The normalized spacial score (nSPS) is 12.1. The van der Waals surface area contributed by atoms with Crippen LogP contribution in [0.5, 0.6) is 0 Å². The summed E-state index contributed by atoms with van der Waals surface area (Å²) >= 11 is 0. The van der Waals surface area contributed by atoms with Gasteiger partial charge < -0.3 is 10.6 Å². The molecule has 2 aromatic carbocycles. The summed E-state index contributed by atoms with van der Waals surface area (Å²) in [7, 11) is -3.88. The highest BCUT2D eigenvalue weighted by molar-refractivity contribution is 7.92. The van der Waals surface area contributed by atoms with Gasteiger partial charge in [0.15, 0.2) is 0 Å². The zero-order valence-corrected chi connectivity index (χ0v) is 19.3. The van der Waals surface area contributed by atoms with Crippen molar-refractivity contribution in [1.29, 1.82) is 0 Å². The molecule has 0 aliphatic rings. The highest BCUT2D eigenvalue weighted by Gasteiger charge is 2.21. The van der Waals surface area contributed by atoms with Crippen LogP contribution in [0.3, 0.4) is 0 Å². The maximum atomic E-state index is 12.9. The molecule has 0 radical (unpaired) electrons. The number of hydrogen-bond donors (Lipinski definition) is 3. The highest BCUT2D eigenvalue weighted by Crippen LogP contribution is 2.20. The molecule has 168 valence electrons. The van der Waals surface area contributed by atoms with Crippen molar-refractivity contribution < 1.29 is 18.0 Å². The van der Waals surface area contributed by atoms with E-state index >= 15 is 0 Å². The lowest BCUT2D eigenvalue weighted by molar-refractivity contribution is -0.122. The second-order valence-corrected chi connectivity index (χ2v) is 9.15. The van der Waals surface area contributed by atoms with Gasteiger partial charge in [0.25, 0.3) is 15.9 Å². The smallest absolute Gasteiger partial charge is 0.261 e. The van der Waals surface area contributed by atoms with Gasteiger partial charge in [-0.15, -0.1) is 0 Å². The molecule has 0 heterocycles. The van der Waals surface area contributed by atoms with E-state index in [-0.39, 0.29) is 16.4 Å². The summed E-state index contributed by atoms with van der Waals surface area (Å²) in [4.78, 5) is 24.5. The van der Waals surface area contributed by atoms with E-state index in [0.29, 0.717) is 17.8 Å². The fourth-order valence-electron chi connectivity index (χ4n) is 3.01. The number of amides is 2. The molecule has 2 rings (SSSR count). The number of carbonyl (C=O) groups is 2. The van der Waals surface area contributed by atoms with Crippen molar-refractivity contribution >= 4 is 27.5 Å². The molecule has 2 amide bonds. The number of sulfonamides is 1. The van der Waals surface area contributed by atoms with E-state index in [1.165, 1.54) is 12.1 Å². The van der Waals surface area contributed by atoms with Gasteiger partial charge in [-0.05, 0) is 69.0 Å². The van der Waals surface area contributed by atoms with Gasteiger partial charge in [-0.3, -0.25) is 14.3 Å². The summed E-state index contributed by atoms with van der Waals surface area (Å²) in [5.41, 5.74) is 2.42. The Labute approximate surface area is 184 Å². The van der Waals surface area contributed by atoms with Gasteiger partial charge in [0, 0.05) is 17.8 Å². The molecule has 0 fully saturated rings. The number of hydrogen-bond acceptors (Lipinski definition) is 4. The van der Waals surface area contributed by atoms with E-state index in [2.05, 4.69) is 22.3 Å². The first-order valence-electron chi connectivity index (χ1n) is 10.5. The molecule has 0 aromatic heterocycles. The molecule has 31 heavy (non-hydrogen) atoms. The molecule has 0 aliphatic heterocycles. The van der Waals surface area contributed by atoms with Crippen molar-refractivity contribution in [3.05, 3.63) is 59.2 Å². The standard InChI is InChI=1S/C23H31N3O4S/c1-5-7-8-18-10-12-19(13-11-18)26-31(29,30)20-14-9-16(3)21(15-20)23(28)25-17(4)22(27)24-6-2/h9-15,17,26H,5-8H2,1-4H3,(H,24,27)(H,25,28)/t17-/m0/s1. The van der Waals surface area contributed by atoms with E-state index < -0.39 is 22.0 Å². The molecule has 1 atom stereocenters. The molecule has 0 saturated carbocycles. The number of rotatable bonds is 10. The number of unbranched alkanes of at least 4 members (excludes halogenated alkanes) is 1. The second kappa shape index (κ2) is 10.9. The quantitative estimate of drug-likeness (QED) is 0.521. The highest BCUT2D eigenvalue weighted by atomic mass is 32.2. The van der Waals surface area contributed by atoms with E-state index in [9.17, 15) is 18.0 Å². The molecule has 7 nitrogen and oxygen atoms in total. The third-order valence-corrected chi connectivity index (χ3v) is 6.26. The van der Waals surface area contributed by atoms with E-state index in [1.807, 2.05) is 12.1 Å². The molecular weight excluding hydrogens is 414 g/mol. The number of carbonyl (C=O) groups excluding carboxylic acids is 2. The molecule has 0 aliphatic carbocycles. The van der Waals surface area contributed by atoms with Gasteiger partial charge in [0.05, 0.1) is 4.90 Å². The molecule has 0 spiro atoms. The Bertz CT molecular complexity index is 1020. The predicted molar refractivity (Wildman–Crippen MR) is 123 cm³/mol. The number of likely N-dealkylation sites (N-methyl/N-ethyl adjacent to an activating group) is 1. The summed E-state index contributed by atoms with van der Waals surface area (Å²) in [6.07, 6.45) is 3.13. The Morgan fingerprint density at radius 2 is 1.71 bits per heavy atom. The summed E-state index contributed by atoms with van der Waals surface area (Å²) in [6, 6.07) is 10.9. The Balaban J connectivity index is 2.18. The zero-order chi connectivity index (χ0) is 23.0. The van der Waals surface area contributed by atoms with Crippen LogP contribution in [0.25, 0.3) is 0 Å². The van der Waals surface area contributed by atoms with E-state index in [1.54, 1.807) is 39.0 Å². The summed E-state index contributed by atoms with van der Waals surface area (Å²) in [5.74, 6) is -0.810. The SMILES string of the molecule is CCCCc1ccc(NS(=O)(=O)c2ccc(C)c(C(=O)N[C@@H](C)C(=O)NCC)c2)cc1. The average molecular weight is 446 g/mol. The van der Waals surface area contributed by atoms with Crippen LogP contribution in [0.4, 0.5) is 5.69 Å². The second-order valence-electron chi connectivity index (χ2n) is 7.47. The third kappa shape index (κ3) is 6.82. The van der Waals surface area contributed by atoms with Crippen LogP contribution >= 0.6 is 0 Å². The van der Waals surface area contributed by atoms with Crippen LogP contribution in [-0.2, 0) is 21.2 Å². The van der Waals surface area contributed by atoms with Gasteiger partial charge in [-0.1, -0.05) is 31.5 Å². The van der Waals surface area contributed by atoms with Crippen LogP contribution in [0.2, 0.25) is 0 Å². The van der Waals surface area contributed by atoms with Crippen LogP contribution in [-0.4, -0.2) is 32.8 Å². The average Bonchev–Trinajstić information content (AvgIpc) is 2.73. The van der Waals surface area contributed by atoms with Crippen LogP contribution in [0, 0.1) is 6.92 Å². The molecule has 0 saturated heterocycles. The Hall–Kier alpha value is -2.87. The molecule has 2 aromatic rings. The maximum absolute atomic E-state index is 12.9. The van der Waals surface area contributed by atoms with Crippen molar-refractivity contribution in [2.45, 2.75) is 57.9 Å². The Kier molecular flexibility index (Phi) is 8.62. The minimum Gasteiger partial charge on any atom is -0.355 e. The number of nitrogens with one attached hydrogen (secondary N) is 3. The summed E-state index contributed by atoms with van der Waals surface area (Å²) < 4.78 is 28.3. The van der Waals surface area contributed by atoms with E-state index in [4.69, 9.17) is 0 Å². The van der Waals surface area contributed by atoms with Crippen LogP contribution < -0.4 is 15.4 Å². The summed E-state index contributed by atoms with van der Waals surface area (Å²) in [6.45, 7) is 7.65. The molecule has 0 unspecified atom stereocenters. The van der Waals surface area contributed by atoms with Crippen LogP contribution in [0.1, 0.15) is 55.1 Å². The molecule has 0 bridgehead atoms. The van der Waals surface area contributed by atoms with Crippen molar-refractivity contribution in [3.63, 3.8) is 0 Å². The number of anilines is 1. The molecular formula is C23H31N3O4S. The number of aryl methyl sites for hydroxylation is 2. The molecule has 3 N–H and O–H groups in total. The first-order chi connectivity index (χ1) is 14.7. The lowest BCUT2D eigenvalue weighted by Crippen LogP contribution is -2.44. The largest absolute Gasteiger partial charge is 0.355 e. The third-order valence-electron chi connectivity index (χ3n) is 4.88. The topological polar surface area (TPSA) is 104 Å². The minimum atomic E-state index is -3.88. The van der Waals surface area contributed by atoms with Crippen molar-refractivity contribution in [3.8, 4) is 0 Å². The zero-order valence-electron chi connectivity index (χ0n) is 18.5. The lowest BCUT2D eigenvalue weighted by atomic mass is 10.1. The van der Waals surface area contributed by atoms with Crippen molar-refractivity contribution in [2.24, 2.45) is 0 Å². The summed E-state index contributed by atoms with van der Waals surface area (Å²) in [5, 5.41) is 5.24. The van der Waals surface area contributed by atoms with Crippen molar-refractivity contribution in [1.82, 2.24) is 10.6 Å². The van der Waals surface area contributed by atoms with Gasteiger partial charge in [0.2, 0.25) is 5.91 Å². The monoisotopic (exact) mass is 445 g/mol. The van der Waals surface area contributed by atoms with Gasteiger partial charge >= 0.3 is 0 Å². The predicted octanol–water partition coefficient (Wildman–Crippen LogP) is 3.39. The van der Waals surface area contributed by atoms with Gasteiger partial charge in [0.1, 0.15) is 6.04 Å². The van der Waals surface area contributed by atoms with Gasteiger partial charge in [-0.2, -0.15) is 0 Å². The Morgan fingerprint density at radius 3 is 2.32 bits per heavy atom. The molecule has 8 heteroatoms. The fraction of sp³-hybridized carbons (Fsp3) is 0.391. The number of benzene rings is 2. The lowest BCUT2D eigenvalue weighted by Gasteiger charge is -2.15. The Morgan fingerprint density at radius 1 is 1.03 bits per heavy atom. The first kappa shape index (κ1) is 24.4. The fourth-order valence-corrected chi connectivity index (χ4v) is 4.10. The van der Waals surface area contributed by atoms with Crippen LogP contribution in [0.15, 0.2) is 47.4 Å².